The zero-order chi connectivity index (χ0) is 42.5. The van der Waals surface area contributed by atoms with Gasteiger partial charge in [0.15, 0.2) is 8.07 Å². The first-order valence-corrected chi connectivity index (χ1v) is 24.7. The van der Waals surface area contributed by atoms with E-state index in [4.69, 9.17) is 0 Å². The van der Waals surface area contributed by atoms with E-state index in [1.807, 2.05) is 11.3 Å². The molecule has 10 aromatic carbocycles. The Kier molecular flexibility index (Phi) is 9.40. The summed E-state index contributed by atoms with van der Waals surface area (Å²) in [6, 6.07) is 94.1. The lowest BCUT2D eigenvalue weighted by Gasteiger charge is -2.34. The molecule has 0 radical (unpaired) electrons. The van der Waals surface area contributed by atoms with Gasteiger partial charge in [-0.1, -0.05) is 188 Å². The second-order valence-corrected chi connectivity index (χ2v) is 21.3. The van der Waals surface area contributed by atoms with Gasteiger partial charge in [0.25, 0.3) is 0 Å². The number of aromatic nitrogens is 1. The summed E-state index contributed by atoms with van der Waals surface area (Å²) in [7, 11) is -2.62. The summed E-state index contributed by atoms with van der Waals surface area (Å²) < 4.78 is 5.00. The summed E-state index contributed by atoms with van der Waals surface area (Å²) in [5, 5.41) is 10.5. The van der Waals surface area contributed by atoms with Gasteiger partial charge >= 0.3 is 0 Å². The first-order chi connectivity index (χ1) is 31.8. The standard InChI is InChI=1S/C60H42N2SSi/c1-5-18-45(19-6-1)62-55-28-15-13-27-53(55)60-56(29-17-30-57(60)62)61(47-38-41-59-54(42-47)52-26-14-16-31-58(52)63-59)46-36-32-43(33-37-46)44-34-39-51(40-35-44)64(48-20-7-2-8-21-48,49-22-9-3-10-23-49)50-24-11-4-12-25-50/h1-42H. The largest absolute Gasteiger partial charge is 0.310 e. The molecule has 64 heavy (non-hydrogen) atoms. The fourth-order valence-electron chi connectivity index (χ4n) is 10.1. The number of rotatable bonds is 9. The van der Waals surface area contributed by atoms with E-state index in [9.17, 15) is 0 Å². The third-order valence-corrected chi connectivity index (χ3v) is 18.9. The molecule has 12 rings (SSSR count). The van der Waals surface area contributed by atoms with Gasteiger partial charge in [0.05, 0.1) is 16.7 Å². The first kappa shape index (κ1) is 38.0. The van der Waals surface area contributed by atoms with Crippen LogP contribution in [0.3, 0.4) is 0 Å². The second kappa shape index (κ2) is 15.9. The molecule has 0 fully saturated rings. The van der Waals surface area contributed by atoms with Crippen molar-refractivity contribution in [3.05, 3.63) is 255 Å². The van der Waals surface area contributed by atoms with Crippen molar-refractivity contribution in [2.45, 2.75) is 0 Å². The van der Waals surface area contributed by atoms with Crippen LogP contribution in [0.4, 0.5) is 17.1 Å². The molecular weight excluding hydrogens is 809 g/mol. The molecule has 0 atom stereocenters. The molecule has 0 spiro atoms. The summed E-state index contributed by atoms with van der Waals surface area (Å²) in [6.45, 7) is 0. The topological polar surface area (TPSA) is 8.17 Å². The van der Waals surface area contributed by atoms with E-state index >= 15 is 0 Å². The molecule has 12 aromatic rings. The van der Waals surface area contributed by atoms with Gasteiger partial charge in [-0.25, -0.2) is 0 Å². The van der Waals surface area contributed by atoms with Crippen molar-refractivity contribution in [1.82, 2.24) is 4.57 Å². The first-order valence-electron chi connectivity index (χ1n) is 21.9. The zero-order valence-electron chi connectivity index (χ0n) is 35.1. The highest BCUT2D eigenvalue weighted by molar-refractivity contribution is 7.25. The quantitative estimate of drug-likeness (QED) is 0.104. The maximum Gasteiger partial charge on any atom is 0.179 e. The Morgan fingerprint density at radius 3 is 1.47 bits per heavy atom. The Hall–Kier alpha value is -7.76. The second-order valence-electron chi connectivity index (χ2n) is 16.4. The minimum absolute atomic E-state index is 1.10. The van der Waals surface area contributed by atoms with Crippen LogP contribution < -0.4 is 25.6 Å². The van der Waals surface area contributed by atoms with Gasteiger partial charge in [-0.3, -0.25) is 0 Å². The number of nitrogens with zero attached hydrogens (tertiary/aromatic N) is 2. The van der Waals surface area contributed by atoms with Crippen molar-refractivity contribution in [3.63, 3.8) is 0 Å². The molecule has 0 saturated carbocycles. The molecule has 302 valence electrons. The highest BCUT2D eigenvalue weighted by Crippen LogP contribution is 2.46. The Balaban J connectivity index is 1.01. The molecule has 4 heteroatoms. The molecule has 0 amide bonds. The average molecular weight is 851 g/mol. The van der Waals surface area contributed by atoms with Crippen LogP contribution in [0.25, 0.3) is 58.8 Å². The fourth-order valence-corrected chi connectivity index (χ4v) is 15.9. The van der Waals surface area contributed by atoms with E-state index in [1.165, 1.54) is 73.9 Å². The molecule has 0 saturated heterocycles. The Morgan fingerprint density at radius 2 is 0.828 bits per heavy atom. The van der Waals surface area contributed by atoms with E-state index < -0.39 is 8.07 Å². The van der Waals surface area contributed by atoms with Crippen LogP contribution in [0.1, 0.15) is 0 Å². The lowest BCUT2D eigenvalue weighted by Crippen LogP contribution is -2.74. The monoisotopic (exact) mass is 850 g/mol. The van der Waals surface area contributed by atoms with Gasteiger partial charge in [-0.05, 0) is 98.6 Å². The molecular formula is C60H42N2SSi. The van der Waals surface area contributed by atoms with Crippen molar-refractivity contribution in [2.75, 3.05) is 4.90 Å². The van der Waals surface area contributed by atoms with Crippen LogP contribution in [0, 0.1) is 0 Å². The van der Waals surface area contributed by atoms with E-state index in [2.05, 4.69) is 264 Å². The van der Waals surface area contributed by atoms with E-state index in [0.29, 0.717) is 0 Å². The summed E-state index contributed by atoms with van der Waals surface area (Å²) in [5.41, 5.74) is 9.26. The fraction of sp³-hybridized carbons (Fsp3) is 0. The Morgan fingerprint density at radius 1 is 0.344 bits per heavy atom. The molecule has 2 aromatic heterocycles. The van der Waals surface area contributed by atoms with Crippen LogP contribution in [0.2, 0.25) is 0 Å². The average Bonchev–Trinajstić information content (AvgIpc) is 3.92. The number of anilines is 3. The number of hydrogen-bond acceptors (Lipinski definition) is 2. The minimum atomic E-state index is -2.62. The molecule has 0 aliphatic rings. The minimum Gasteiger partial charge on any atom is -0.310 e. The van der Waals surface area contributed by atoms with E-state index in [0.717, 1.165) is 22.7 Å². The highest BCUT2D eigenvalue weighted by atomic mass is 32.1. The van der Waals surface area contributed by atoms with Crippen LogP contribution in [0.15, 0.2) is 255 Å². The van der Waals surface area contributed by atoms with Crippen LogP contribution in [0.5, 0.6) is 0 Å². The van der Waals surface area contributed by atoms with Gasteiger partial charge in [-0.2, -0.15) is 0 Å². The van der Waals surface area contributed by atoms with E-state index in [-0.39, 0.29) is 0 Å². The van der Waals surface area contributed by atoms with Gasteiger partial charge < -0.3 is 9.47 Å². The number of fused-ring (bicyclic) bond motifs is 6. The van der Waals surface area contributed by atoms with Crippen molar-refractivity contribution in [3.8, 4) is 16.8 Å². The molecule has 2 nitrogen and oxygen atoms in total. The van der Waals surface area contributed by atoms with Crippen molar-refractivity contribution < 1.29 is 0 Å². The predicted octanol–water partition coefficient (Wildman–Crippen LogP) is 13.7. The molecule has 0 N–H and O–H groups in total. The lowest BCUT2D eigenvalue weighted by molar-refractivity contribution is 1.18. The van der Waals surface area contributed by atoms with Crippen molar-refractivity contribution >= 4 is 99.2 Å². The summed E-state index contributed by atoms with van der Waals surface area (Å²) >= 11 is 1.86. The number of thiophene rings is 1. The SMILES string of the molecule is c1ccc(-n2c3ccccc3c3c(N(c4ccc(-c5ccc([Si](c6ccccc6)(c6ccccc6)c6ccccc6)cc5)cc4)c4ccc5sc6ccccc6c5c4)cccc32)cc1. The number of benzene rings is 10. The van der Waals surface area contributed by atoms with E-state index in [1.54, 1.807) is 0 Å². The van der Waals surface area contributed by atoms with Gasteiger partial charge in [0.1, 0.15) is 0 Å². The summed E-state index contributed by atoms with van der Waals surface area (Å²) in [6.07, 6.45) is 0. The predicted molar refractivity (Wildman–Crippen MR) is 277 cm³/mol. The molecule has 0 aliphatic heterocycles. The number of hydrogen-bond donors (Lipinski definition) is 0. The zero-order valence-corrected chi connectivity index (χ0v) is 36.9. The Labute approximate surface area is 378 Å². The summed E-state index contributed by atoms with van der Waals surface area (Å²) in [4.78, 5) is 2.46. The van der Waals surface area contributed by atoms with Crippen LogP contribution in [-0.2, 0) is 0 Å². The third-order valence-electron chi connectivity index (χ3n) is 12.9. The normalized spacial score (nSPS) is 11.8. The van der Waals surface area contributed by atoms with Gasteiger partial charge in [-0.15, -0.1) is 11.3 Å². The molecule has 0 bridgehead atoms. The molecule has 2 heterocycles. The van der Waals surface area contributed by atoms with Crippen LogP contribution in [-0.4, -0.2) is 12.6 Å². The lowest BCUT2D eigenvalue weighted by atomic mass is 10.0. The third kappa shape index (κ3) is 6.22. The number of para-hydroxylation sites is 2. The Bertz CT molecular complexity index is 3490. The highest BCUT2D eigenvalue weighted by Gasteiger charge is 2.41. The van der Waals surface area contributed by atoms with Gasteiger partial charge in [0, 0.05) is 48.0 Å². The molecule has 0 aliphatic carbocycles. The maximum absolute atomic E-state index is 2.62. The smallest absolute Gasteiger partial charge is 0.179 e. The van der Waals surface area contributed by atoms with Crippen molar-refractivity contribution in [2.24, 2.45) is 0 Å². The molecule has 0 unspecified atom stereocenters. The van der Waals surface area contributed by atoms with Crippen LogP contribution >= 0.6 is 11.3 Å². The van der Waals surface area contributed by atoms with Gasteiger partial charge in [0.2, 0.25) is 0 Å². The maximum atomic E-state index is 2.46. The van der Waals surface area contributed by atoms with Crippen molar-refractivity contribution in [1.29, 1.82) is 0 Å². The summed E-state index contributed by atoms with van der Waals surface area (Å²) in [5.74, 6) is 0.